The van der Waals surface area contributed by atoms with Crippen LogP contribution >= 0.6 is 11.6 Å². The summed E-state index contributed by atoms with van der Waals surface area (Å²) in [4.78, 5) is 12.0. The lowest BCUT2D eigenvalue weighted by Gasteiger charge is -2.05. The summed E-state index contributed by atoms with van der Waals surface area (Å²) in [5, 5.41) is 3.42. The fraction of sp³-hybridized carbons (Fsp3) is 0.0625. The summed E-state index contributed by atoms with van der Waals surface area (Å²) in [6, 6.07) is 14.0. The molecule has 0 unspecified atom stereocenters. The van der Waals surface area contributed by atoms with Crippen molar-refractivity contribution in [2.75, 3.05) is 11.9 Å². The standard InChI is InChI=1S/C16H13ClN2O/c17-14-7-9-15(10-8-14)19-16(20)13-5-3-12(4-6-13)2-1-11-18/h3-10H,11,18H2,(H,19,20). The van der Waals surface area contributed by atoms with Gasteiger partial charge in [0.2, 0.25) is 0 Å². The van der Waals surface area contributed by atoms with Crippen molar-refractivity contribution in [3.05, 3.63) is 64.7 Å². The molecule has 0 aromatic heterocycles. The molecular weight excluding hydrogens is 272 g/mol. The maximum atomic E-state index is 12.0. The number of rotatable bonds is 2. The van der Waals surface area contributed by atoms with E-state index in [1.807, 2.05) is 0 Å². The minimum atomic E-state index is -0.175. The molecule has 2 rings (SSSR count). The molecule has 3 N–H and O–H groups in total. The Balaban J connectivity index is 2.07. The van der Waals surface area contributed by atoms with E-state index in [0.29, 0.717) is 22.8 Å². The van der Waals surface area contributed by atoms with Crippen LogP contribution in [0.5, 0.6) is 0 Å². The van der Waals surface area contributed by atoms with Crippen LogP contribution in [0.3, 0.4) is 0 Å². The van der Waals surface area contributed by atoms with Crippen LogP contribution in [0.15, 0.2) is 48.5 Å². The Bertz CT molecular complexity index is 652. The molecule has 0 saturated heterocycles. The predicted octanol–water partition coefficient (Wildman–Crippen LogP) is 2.90. The molecule has 20 heavy (non-hydrogen) atoms. The van der Waals surface area contributed by atoms with E-state index in [1.165, 1.54) is 0 Å². The molecule has 0 bridgehead atoms. The Morgan fingerprint density at radius 3 is 2.35 bits per heavy atom. The van der Waals surface area contributed by atoms with Crippen LogP contribution in [0.4, 0.5) is 5.69 Å². The summed E-state index contributed by atoms with van der Waals surface area (Å²) in [5.74, 6) is 5.49. The number of benzene rings is 2. The normalized spacial score (nSPS) is 9.50. The Morgan fingerprint density at radius 2 is 1.75 bits per heavy atom. The molecule has 0 fully saturated rings. The molecule has 2 aromatic carbocycles. The number of carbonyl (C=O) groups is 1. The van der Waals surface area contributed by atoms with Gasteiger partial charge < -0.3 is 11.1 Å². The van der Waals surface area contributed by atoms with E-state index in [-0.39, 0.29) is 5.91 Å². The molecular formula is C16H13ClN2O. The first kappa shape index (κ1) is 14.1. The lowest BCUT2D eigenvalue weighted by molar-refractivity contribution is 0.102. The number of halogens is 1. The summed E-state index contributed by atoms with van der Waals surface area (Å²) < 4.78 is 0. The molecule has 1 amide bonds. The predicted molar refractivity (Wildman–Crippen MR) is 81.8 cm³/mol. The van der Waals surface area contributed by atoms with Crippen molar-refractivity contribution in [3.63, 3.8) is 0 Å². The van der Waals surface area contributed by atoms with Crippen LogP contribution in [-0.4, -0.2) is 12.5 Å². The molecule has 0 aliphatic carbocycles. The van der Waals surface area contributed by atoms with Crippen molar-refractivity contribution in [3.8, 4) is 11.8 Å². The zero-order valence-corrected chi connectivity index (χ0v) is 11.4. The highest BCUT2D eigenvalue weighted by atomic mass is 35.5. The lowest BCUT2D eigenvalue weighted by atomic mass is 10.1. The van der Waals surface area contributed by atoms with Crippen LogP contribution in [0.1, 0.15) is 15.9 Å². The number of amides is 1. The number of anilines is 1. The van der Waals surface area contributed by atoms with Crippen LogP contribution in [-0.2, 0) is 0 Å². The second-order valence-corrected chi connectivity index (χ2v) is 4.48. The van der Waals surface area contributed by atoms with E-state index < -0.39 is 0 Å². The Labute approximate surface area is 122 Å². The van der Waals surface area contributed by atoms with Crippen LogP contribution < -0.4 is 11.1 Å². The van der Waals surface area contributed by atoms with Crippen molar-refractivity contribution in [1.29, 1.82) is 0 Å². The van der Waals surface area contributed by atoms with Gasteiger partial charge in [0.25, 0.3) is 5.91 Å². The number of hydrogen-bond donors (Lipinski definition) is 2. The monoisotopic (exact) mass is 284 g/mol. The third kappa shape index (κ3) is 3.86. The van der Waals surface area contributed by atoms with Crippen molar-refractivity contribution in [1.82, 2.24) is 0 Å². The van der Waals surface area contributed by atoms with Crippen molar-refractivity contribution >= 4 is 23.2 Å². The van der Waals surface area contributed by atoms with Gasteiger partial charge in [0, 0.05) is 21.8 Å². The molecule has 0 aliphatic heterocycles. The largest absolute Gasteiger partial charge is 0.322 e. The van der Waals surface area contributed by atoms with Crippen molar-refractivity contribution in [2.24, 2.45) is 5.73 Å². The summed E-state index contributed by atoms with van der Waals surface area (Å²) in [5.41, 5.74) is 7.40. The summed E-state index contributed by atoms with van der Waals surface area (Å²) >= 11 is 5.79. The van der Waals surface area contributed by atoms with E-state index in [2.05, 4.69) is 17.2 Å². The van der Waals surface area contributed by atoms with Crippen molar-refractivity contribution < 1.29 is 4.79 Å². The van der Waals surface area contributed by atoms with Crippen LogP contribution in [0.25, 0.3) is 0 Å². The molecule has 100 valence electrons. The van der Waals surface area contributed by atoms with E-state index in [4.69, 9.17) is 17.3 Å². The highest BCUT2D eigenvalue weighted by Gasteiger charge is 2.05. The topological polar surface area (TPSA) is 55.1 Å². The van der Waals surface area contributed by atoms with Gasteiger partial charge in [-0.3, -0.25) is 4.79 Å². The van der Waals surface area contributed by atoms with Gasteiger partial charge in [0.15, 0.2) is 0 Å². The lowest BCUT2D eigenvalue weighted by Crippen LogP contribution is -2.11. The van der Waals surface area contributed by atoms with E-state index in [0.717, 1.165) is 5.56 Å². The number of nitrogens with one attached hydrogen (secondary N) is 1. The SMILES string of the molecule is NCC#Cc1ccc(C(=O)Nc2ccc(Cl)cc2)cc1. The van der Waals surface area contributed by atoms with Gasteiger partial charge in [-0.05, 0) is 48.5 Å². The maximum Gasteiger partial charge on any atom is 0.255 e. The van der Waals surface area contributed by atoms with E-state index in [9.17, 15) is 4.79 Å². The molecule has 0 atom stereocenters. The second kappa shape index (κ2) is 6.76. The smallest absolute Gasteiger partial charge is 0.255 e. The first-order chi connectivity index (χ1) is 9.69. The highest BCUT2D eigenvalue weighted by molar-refractivity contribution is 6.30. The average Bonchev–Trinajstić information content (AvgIpc) is 2.48. The minimum absolute atomic E-state index is 0.175. The highest BCUT2D eigenvalue weighted by Crippen LogP contribution is 2.14. The van der Waals surface area contributed by atoms with Gasteiger partial charge >= 0.3 is 0 Å². The Hall–Kier alpha value is -2.28. The third-order valence-corrected chi connectivity index (χ3v) is 2.84. The summed E-state index contributed by atoms with van der Waals surface area (Å²) in [6.45, 7) is 0.318. The maximum absolute atomic E-state index is 12.0. The number of hydrogen-bond acceptors (Lipinski definition) is 2. The van der Waals surface area contributed by atoms with Crippen LogP contribution in [0, 0.1) is 11.8 Å². The first-order valence-electron chi connectivity index (χ1n) is 6.05. The van der Waals surface area contributed by atoms with Gasteiger partial charge in [-0.1, -0.05) is 23.4 Å². The summed E-state index contributed by atoms with van der Waals surface area (Å²) in [6.07, 6.45) is 0. The quantitative estimate of drug-likeness (QED) is 0.833. The molecule has 2 aromatic rings. The second-order valence-electron chi connectivity index (χ2n) is 4.04. The molecule has 3 nitrogen and oxygen atoms in total. The Morgan fingerprint density at radius 1 is 1.10 bits per heavy atom. The molecule has 0 aliphatic rings. The van der Waals surface area contributed by atoms with Gasteiger partial charge in [-0.2, -0.15) is 0 Å². The molecule has 4 heteroatoms. The molecule has 0 heterocycles. The van der Waals surface area contributed by atoms with E-state index >= 15 is 0 Å². The molecule has 0 spiro atoms. The number of nitrogens with two attached hydrogens (primary N) is 1. The Kier molecular flexibility index (Phi) is 4.78. The fourth-order valence-corrected chi connectivity index (χ4v) is 1.72. The number of carbonyl (C=O) groups excluding carboxylic acids is 1. The fourth-order valence-electron chi connectivity index (χ4n) is 1.59. The van der Waals surface area contributed by atoms with Crippen LogP contribution in [0.2, 0.25) is 5.02 Å². The minimum Gasteiger partial charge on any atom is -0.322 e. The molecule has 0 radical (unpaired) electrons. The van der Waals surface area contributed by atoms with Gasteiger partial charge in [-0.25, -0.2) is 0 Å². The van der Waals surface area contributed by atoms with Crippen molar-refractivity contribution in [2.45, 2.75) is 0 Å². The average molecular weight is 285 g/mol. The molecule has 0 saturated carbocycles. The zero-order chi connectivity index (χ0) is 14.4. The van der Waals surface area contributed by atoms with Gasteiger partial charge in [-0.15, -0.1) is 0 Å². The first-order valence-corrected chi connectivity index (χ1v) is 6.43. The zero-order valence-electron chi connectivity index (χ0n) is 10.7. The summed E-state index contributed by atoms with van der Waals surface area (Å²) in [7, 11) is 0. The van der Waals surface area contributed by atoms with Gasteiger partial charge in [0.05, 0.1) is 6.54 Å². The van der Waals surface area contributed by atoms with Gasteiger partial charge in [0.1, 0.15) is 0 Å². The van der Waals surface area contributed by atoms with E-state index in [1.54, 1.807) is 48.5 Å². The third-order valence-electron chi connectivity index (χ3n) is 2.58.